The molecule has 9 nitrogen and oxygen atoms in total. The lowest BCUT2D eigenvalue weighted by atomic mass is 10.3. The van der Waals surface area contributed by atoms with Crippen molar-refractivity contribution in [2.24, 2.45) is 0 Å². The highest BCUT2D eigenvalue weighted by atomic mass is 32.1. The van der Waals surface area contributed by atoms with Crippen molar-refractivity contribution in [2.45, 2.75) is 26.3 Å². The number of amides is 4. The molecule has 0 aromatic carbocycles. The maximum atomic E-state index is 12.8. The third-order valence-corrected chi connectivity index (χ3v) is 6.46. The van der Waals surface area contributed by atoms with E-state index >= 15 is 0 Å². The lowest BCUT2D eigenvalue weighted by Crippen LogP contribution is -2.41. The van der Waals surface area contributed by atoms with E-state index in [-0.39, 0.29) is 24.4 Å². The summed E-state index contributed by atoms with van der Waals surface area (Å²) in [5.74, 6) is -0.235. The maximum Gasteiger partial charge on any atom is 0.326 e. The number of aromatic nitrogens is 2. The van der Waals surface area contributed by atoms with E-state index in [1.54, 1.807) is 29.1 Å². The van der Waals surface area contributed by atoms with Crippen LogP contribution in [0.1, 0.15) is 33.8 Å². The van der Waals surface area contributed by atoms with Crippen LogP contribution in [0, 0.1) is 6.92 Å². The number of pyridine rings is 1. The van der Waals surface area contributed by atoms with Gasteiger partial charge in [-0.1, -0.05) is 17.4 Å². The van der Waals surface area contributed by atoms with E-state index in [2.05, 4.69) is 15.3 Å². The fraction of sp³-hybridized carbons (Fsp3) is 0.450. The molecule has 2 aromatic rings. The number of hydrogen-bond donors (Lipinski definition) is 1. The van der Waals surface area contributed by atoms with E-state index in [0.29, 0.717) is 35.3 Å². The Labute approximate surface area is 178 Å². The first-order chi connectivity index (χ1) is 14.5. The molecular weight excluding hydrogens is 404 g/mol. The van der Waals surface area contributed by atoms with Crippen LogP contribution >= 0.6 is 11.3 Å². The van der Waals surface area contributed by atoms with Gasteiger partial charge in [-0.2, -0.15) is 0 Å². The minimum absolute atomic E-state index is 0.00603. The van der Waals surface area contributed by atoms with Gasteiger partial charge in [0.2, 0.25) is 5.91 Å². The van der Waals surface area contributed by atoms with E-state index < -0.39 is 0 Å². The maximum absolute atomic E-state index is 12.8. The minimum atomic E-state index is -0.237. The summed E-state index contributed by atoms with van der Waals surface area (Å²) in [4.78, 5) is 51.6. The number of thiazole rings is 1. The second kappa shape index (κ2) is 8.78. The third kappa shape index (κ3) is 4.28. The molecule has 4 amide bonds. The highest BCUT2D eigenvalue weighted by molar-refractivity contribution is 7.17. The summed E-state index contributed by atoms with van der Waals surface area (Å²) in [5, 5.41) is 3.35. The molecule has 30 heavy (non-hydrogen) atoms. The number of carbonyl (C=O) groups is 3. The quantitative estimate of drug-likeness (QED) is 0.754. The van der Waals surface area contributed by atoms with Gasteiger partial charge in [-0.15, -0.1) is 0 Å². The molecule has 0 aliphatic carbocycles. The molecule has 2 aromatic heterocycles. The summed E-state index contributed by atoms with van der Waals surface area (Å²) in [5.41, 5.74) is 1.49. The Kier molecular flexibility index (Phi) is 5.93. The fourth-order valence-corrected chi connectivity index (χ4v) is 4.61. The predicted octanol–water partition coefficient (Wildman–Crippen LogP) is 1.64. The molecule has 10 heteroatoms. The second-order valence-corrected chi connectivity index (χ2v) is 8.38. The first kappa shape index (κ1) is 20.3. The number of likely N-dealkylation sites (tertiary alicyclic amines) is 1. The third-order valence-electron chi connectivity index (χ3n) is 5.28. The summed E-state index contributed by atoms with van der Waals surface area (Å²) < 4.78 is 0. The molecule has 0 bridgehead atoms. The Hall–Kier alpha value is -3.01. The van der Waals surface area contributed by atoms with Gasteiger partial charge < -0.3 is 15.1 Å². The second-order valence-electron chi connectivity index (χ2n) is 7.40. The molecular formula is C20H24N6O3S. The van der Waals surface area contributed by atoms with Gasteiger partial charge >= 0.3 is 6.03 Å². The largest absolute Gasteiger partial charge is 0.347 e. The van der Waals surface area contributed by atoms with E-state index in [4.69, 9.17) is 0 Å². The van der Waals surface area contributed by atoms with Gasteiger partial charge in [-0.05, 0) is 31.4 Å². The van der Waals surface area contributed by atoms with Gasteiger partial charge in [0.05, 0.1) is 5.69 Å². The number of carbonyl (C=O) groups excluding carboxylic acids is 3. The van der Waals surface area contributed by atoms with E-state index in [1.165, 1.54) is 11.3 Å². The number of anilines is 1. The highest BCUT2D eigenvalue weighted by Crippen LogP contribution is 2.29. The minimum Gasteiger partial charge on any atom is -0.347 e. The van der Waals surface area contributed by atoms with Crippen molar-refractivity contribution in [3.05, 3.63) is 40.7 Å². The molecule has 1 N–H and O–H groups in total. The number of aryl methyl sites for hydroxylation is 1. The van der Waals surface area contributed by atoms with Gasteiger partial charge in [-0.25, -0.2) is 9.78 Å². The summed E-state index contributed by atoms with van der Waals surface area (Å²) in [6.07, 6.45) is 5.43. The van der Waals surface area contributed by atoms with Crippen LogP contribution < -0.4 is 10.2 Å². The van der Waals surface area contributed by atoms with Crippen LogP contribution in [0.25, 0.3) is 0 Å². The average molecular weight is 429 g/mol. The van der Waals surface area contributed by atoms with Crippen molar-refractivity contribution in [3.63, 3.8) is 0 Å². The number of urea groups is 1. The average Bonchev–Trinajstić information content (AvgIpc) is 3.48. The molecule has 4 rings (SSSR count). The van der Waals surface area contributed by atoms with Crippen LogP contribution in [0.4, 0.5) is 9.93 Å². The number of nitrogens with one attached hydrogen (secondary N) is 1. The summed E-state index contributed by atoms with van der Waals surface area (Å²) in [6, 6.07) is 3.47. The SMILES string of the molecule is Cc1nc(N2CCN(CC(=O)N3CCCC3)C2=O)sc1C(=O)NCc1cccnc1. The van der Waals surface area contributed by atoms with Gasteiger partial charge in [0.25, 0.3) is 5.91 Å². The zero-order valence-electron chi connectivity index (χ0n) is 16.8. The standard InChI is InChI=1S/C20H24N6O3S/c1-14-17(18(28)22-12-15-5-4-6-21-11-15)30-19(23-14)26-10-9-25(20(26)29)13-16(27)24-7-2-3-8-24/h4-6,11H,2-3,7-10,12-13H2,1H3,(H,22,28). The molecule has 2 fully saturated rings. The molecule has 158 valence electrons. The van der Waals surface area contributed by atoms with Crippen LogP contribution in [0.3, 0.4) is 0 Å². The fourth-order valence-electron chi connectivity index (χ4n) is 3.61. The van der Waals surface area contributed by atoms with Gasteiger partial charge in [0.15, 0.2) is 5.13 Å². The van der Waals surface area contributed by atoms with Crippen LogP contribution in [-0.2, 0) is 11.3 Å². The Morgan fingerprint density at radius 2 is 2.00 bits per heavy atom. The zero-order chi connectivity index (χ0) is 21.1. The Balaban J connectivity index is 1.38. The molecule has 4 heterocycles. The van der Waals surface area contributed by atoms with Crippen molar-refractivity contribution in [1.29, 1.82) is 0 Å². The van der Waals surface area contributed by atoms with Crippen LogP contribution in [0.5, 0.6) is 0 Å². The van der Waals surface area contributed by atoms with Crippen LogP contribution in [-0.4, -0.2) is 70.3 Å². The first-order valence-electron chi connectivity index (χ1n) is 10.0. The normalized spacial score (nSPS) is 16.4. The number of rotatable bonds is 6. The highest BCUT2D eigenvalue weighted by Gasteiger charge is 2.34. The van der Waals surface area contributed by atoms with E-state index in [1.807, 2.05) is 17.0 Å². The molecule has 0 atom stereocenters. The van der Waals surface area contributed by atoms with E-state index in [9.17, 15) is 14.4 Å². The van der Waals surface area contributed by atoms with Gasteiger partial charge in [-0.3, -0.25) is 19.5 Å². The van der Waals surface area contributed by atoms with E-state index in [0.717, 1.165) is 31.5 Å². The van der Waals surface area contributed by atoms with Gasteiger partial charge in [0, 0.05) is 45.1 Å². The lowest BCUT2D eigenvalue weighted by molar-refractivity contribution is -0.130. The molecule has 0 spiro atoms. The molecule has 0 unspecified atom stereocenters. The topological polar surface area (TPSA) is 98.7 Å². The Bertz CT molecular complexity index is 941. The first-order valence-corrected chi connectivity index (χ1v) is 10.8. The van der Waals surface area contributed by atoms with Crippen molar-refractivity contribution in [2.75, 3.05) is 37.6 Å². The van der Waals surface area contributed by atoms with Crippen molar-refractivity contribution in [3.8, 4) is 0 Å². The van der Waals surface area contributed by atoms with Crippen LogP contribution in [0.2, 0.25) is 0 Å². The molecule has 0 radical (unpaired) electrons. The Morgan fingerprint density at radius 1 is 1.20 bits per heavy atom. The molecule has 2 aliphatic rings. The Morgan fingerprint density at radius 3 is 2.73 bits per heavy atom. The van der Waals surface area contributed by atoms with Crippen molar-refractivity contribution >= 4 is 34.3 Å². The summed E-state index contributed by atoms with van der Waals surface area (Å²) in [6.45, 7) is 4.69. The molecule has 0 saturated carbocycles. The summed E-state index contributed by atoms with van der Waals surface area (Å²) >= 11 is 1.19. The molecule has 2 aliphatic heterocycles. The summed E-state index contributed by atoms with van der Waals surface area (Å²) in [7, 11) is 0. The zero-order valence-corrected chi connectivity index (χ0v) is 17.7. The predicted molar refractivity (Wildman–Crippen MR) is 112 cm³/mol. The monoisotopic (exact) mass is 428 g/mol. The van der Waals surface area contributed by atoms with Gasteiger partial charge in [0.1, 0.15) is 11.4 Å². The smallest absolute Gasteiger partial charge is 0.326 e. The number of hydrogen-bond acceptors (Lipinski definition) is 6. The van der Waals surface area contributed by atoms with Crippen LogP contribution in [0.15, 0.2) is 24.5 Å². The van der Waals surface area contributed by atoms with Crippen molar-refractivity contribution < 1.29 is 14.4 Å². The number of nitrogens with zero attached hydrogens (tertiary/aromatic N) is 5. The molecule has 2 saturated heterocycles. The lowest BCUT2D eigenvalue weighted by Gasteiger charge is -2.20. The van der Waals surface area contributed by atoms with Crippen molar-refractivity contribution in [1.82, 2.24) is 25.1 Å².